The number of pyridine rings is 1. The van der Waals surface area contributed by atoms with Gasteiger partial charge in [0.25, 0.3) is 0 Å². The number of rotatable bonds is 48. The van der Waals surface area contributed by atoms with Gasteiger partial charge in [-0.3, -0.25) is 0 Å². The Morgan fingerprint density at radius 2 is 0.562 bits per heavy atom. The number of halogens is 1. The minimum absolute atomic E-state index is 0. The van der Waals surface area contributed by atoms with Crippen LogP contribution in [0, 0.1) is 0 Å². The number of hydrogen-bond donors (Lipinski definition) is 0. The molecule has 0 unspecified atom stereocenters. The van der Waals surface area contributed by atoms with Crippen LogP contribution in [0.3, 0.4) is 0 Å². The van der Waals surface area contributed by atoms with Crippen molar-refractivity contribution in [2.45, 2.75) is 297 Å². The van der Waals surface area contributed by atoms with E-state index in [9.17, 15) is 0 Å². The third-order valence-corrected chi connectivity index (χ3v) is 14.0. The Morgan fingerprint density at radius 3 is 0.844 bits per heavy atom. The van der Waals surface area contributed by atoms with Crippen molar-refractivity contribution in [3.05, 3.63) is 59.9 Å². The summed E-state index contributed by atoms with van der Waals surface area (Å²) >= 11 is 0. The van der Waals surface area contributed by atoms with Crippen molar-refractivity contribution in [2.24, 2.45) is 0 Å². The molecule has 3 heteroatoms. The zero-order valence-electron chi connectivity index (χ0n) is 43.4. The summed E-state index contributed by atoms with van der Waals surface area (Å²) in [6.07, 6.45) is 69.2. The third kappa shape index (κ3) is 37.7. The van der Waals surface area contributed by atoms with E-state index in [1.165, 1.54) is 300 Å². The molecule has 64 heavy (non-hydrogen) atoms. The molecule has 0 atom stereocenters. The van der Waals surface area contributed by atoms with Gasteiger partial charge in [-0.2, -0.15) is 0 Å². The highest BCUT2D eigenvalue weighted by Crippen LogP contribution is 2.21. The van der Waals surface area contributed by atoms with Gasteiger partial charge in [0.2, 0.25) is 0 Å². The van der Waals surface area contributed by atoms with Crippen LogP contribution in [0.15, 0.2) is 48.8 Å². The molecule has 0 bridgehead atoms. The Hall–Kier alpha value is -1.36. The van der Waals surface area contributed by atoms with E-state index in [1.54, 1.807) is 0 Å². The van der Waals surface area contributed by atoms with Gasteiger partial charge in [-0.25, -0.2) is 4.57 Å². The van der Waals surface area contributed by atoms with Crippen LogP contribution in [0.1, 0.15) is 302 Å². The number of benzene rings is 1. The van der Waals surface area contributed by atoms with E-state index >= 15 is 0 Å². The molecule has 1 aromatic carbocycles. The van der Waals surface area contributed by atoms with Crippen molar-refractivity contribution in [1.82, 2.24) is 0 Å². The topological polar surface area (TPSA) is 7.12 Å². The molecule has 1 heterocycles. The van der Waals surface area contributed by atoms with E-state index < -0.39 is 0 Å². The fraction of sp³-hybridized carbons (Fsp3) is 0.787. The molecule has 2 nitrogen and oxygen atoms in total. The normalized spacial score (nSPS) is 11.5. The van der Waals surface area contributed by atoms with Crippen LogP contribution in [-0.4, -0.2) is 13.1 Å². The summed E-state index contributed by atoms with van der Waals surface area (Å²) in [5.41, 5.74) is 3.98. The van der Waals surface area contributed by atoms with Crippen LogP contribution in [0.4, 0.5) is 5.69 Å². The van der Waals surface area contributed by atoms with Crippen LogP contribution >= 0.6 is 0 Å². The van der Waals surface area contributed by atoms with E-state index in [-0.39, 0.29) is 24.0 Å². The summed E-state index contributed by atoms with van der Waals surface area (Å²) in [6.45, 7) is 10.4. The van der Waals surface area contributed by atoms with Gasteiger partial charge in [0.05, 0.1) is 0 Å². The number of aryl methyl sites for hydroxylation is 1. The Balaban J connectivity index is 0.0000205. The zero-order chi connectivity index (χ0) is 44.8. The zero-order valence-corrected chi connectivity index (χ0v) is 45.5. The van der Waals surface area contributed by atoms with Crippen LogP contribution in [0.25, 0.3) is 12.2 Å². The van der Waals surface area contributed by atoms with Crippen molar-refractivity contribution in [1.29, 1.82) is 0 Å². The average Bonchev–Trinajstić information content (AvgIpc) is 3.31. The maximum atomic E-state index is 2.71. The first-order valence-corrected chi connectivity index (χ1v) is 28.8. The molecule has 0 spiro atoms. The largest absolute Gasteiger partial charge is 1.00 e. The summed E-state index contributed by atoms with van der Waals surface area (Å²) in [7, 11) is 0. The van der Waals surface area contributed by atoms with Gasteiger partial charge in [-0.05, 0) is 36.1 Å². The smallest absolute Gasteiger partial charge is 0.169 e. The van der Waals surface area contributed by atoms with Crippen LogP contribution in [-0.2, 0) is 6.54 Å². The second kappa shape index (κ2) is 48.1. The highest BCUT2D eigenvalue weighted by atomic mass is 127. The Kier molecular flexibility index (Phi) is 45.6. The molecule has 0 aliphatic rings. The van der Waals surface area contributed by atoms with Gasteiger partial charge in [0.1, 0.15) is 6.54 Å². The Morgan fingerprint density at radius 1 is 0.312 bits per heavy atom. The summed E-state index contributed by atoms with van der Waals surface area (Å²) in [6, 6.07) is 13.9. The molecule has 1 aromatic heterocycles. The first-order valence-electron chi connectivity index (χ1n) is 28.8. The second-order valence-electron chi connectivity index (χ2n) is 20.1. The van der Waals surface area contributed by atoms with E-state index in [0.717, 1.165) is 6.54 Å². The molecule has 0 saturated heterocycles. The molecule has 370 valence electrons. The highest BCUT2D eigenvalue weighted by molar-refractivity contribution is 5.70. The summed E-state index contributed by atoms with van der Waals surface area (Å²) in [5, 5.41) is 0. The monoisotopic (exact) mass is 997 g/mol. The van der Waals surface area contributed by atoms with Gasteiger partial charge in [-0.15, -0.1) is 0 Å². The number of hydrogen-bond acceptors (Lipinski definition) is 1. The Labute approximate surface area is 418 Å². The molecule has 0 radical (unpaired) electrons. The molecular formula is C61H109IN2. The van der Waals surface area contributed by atoms with E-state index in [4.69, 9.17) is 0 Å². The van der Waals surface area contributed by atoms with Crippen molar-refractivity contribution < 1.29 is 28.5 Å². The highest BCUT2D eigenvalue weighted by Gasteiger charge is 2.07. The molecule has 0 aliphatic carbocycles. The summed E-state index contributed by atoms with van der Waals surface area (Å²) in [4.78, 5) is 2.71. The molecule has 0 N–H and O–H groups in total. The van der Waals surface area contributed by atoms with Gasteiger partial charge in [0, 0.05) is 37.3 Å². The first kappa shape index (κ1) is 60.7. The van der Waals surface area contributed by atoms with Crippen molar-refractivity contribution >= 4 is 17.8 Å². The van der Waals surface area contributed by atoms with Gasteiger partial charge >= 0.3 is 0 Å². The van der Waals surface area contributed by atoms with Crippen molar-refractivity contribution in [3.8, 4) is 0 Å². The standard InChI is InChI=1S/C61H109N2.HI/c1-4-7-10-12-14-16-18-20-22-24-26-28-30-32-34-36-38-40-42-44-55-63(61-50-48-59(49-51-61)46-47-60-52-57-62(58-53-60)54-9-6-3)56-45-43-41-39-37-35-33-31-29-27-25-23-21-19-17-15-13-11-8-5-2;/h46-53,57-58H,4-45,54-56H2,1-3H3;1H/q+1;/p-1. The van der Waals surface area contributed by atoms with Crippen LogP contribution in [0.2, 0.25) is 0 Å². The lowest BCUT2D eigenvalue weighted by molar-refractivity contribution is -0.697. The van der Waals surface area contributed by atoms with Gasteiger partial charge < -0.3 is 28.9 Å². The molecular weight excluding hydrogens is 888 g/mol. The number of unbranched alkanes of at least 4 members (excludes halogenated alkanes) is 39. The molecule has 0 fully saturated rings. The maximum Gasteiger partial charge on any atom is 0.169 e. The van der Waals surface area contributed by atoms with Crippen LogP contribution < -0.4 is 33.4 Å². The van der Waals surface area contributed by atoms with E-state index in [1.807, 2.05) is 0 Å². The summed E-state index contributed by atoms with van der Waals surface area (Å²) in [5.74, 6) is 0. The summed E-state index contributed by atoms with van der Waals surface area (Å²) < 4.78 is 2.30. The second-order valence-corrected chi connectivity index (χ2v) is 20.1. The number of anilines is 1. The quantitative estimate of drug-likeness (QED) is 0.0364. The molecule has 0 saturated carbocycles. The lowest BCUT2D eigenvalue weighted by Gasteiger charge is -2.25. The predicted octanol–water partition coefficient (Wildman–Crippen LogP) is 17.4. The fourth-order valence-electron chi connectivity index (χ4n) is 9.54. The minimum atomic E-state index is 0. The average molecular weight is 997 g/mol. The molecule has 2 aromatic rings. The molecule has 0 aliphatic heterocycles. The first-order chi connectivity index (χ1) is 31.3. The van der Waals surface area contributed by atoms with Crippen molar-refractivity contribution in [2.75, 3.05) is 18.0 Å². The predicted molar refractivity (Wildman–Crippen MR) is 285 cm³/mol. The SMILES string of the molecule is CCCCCCCCCCCCCCCCCCCCCCN(CCCCCCCCCCCCCCCCCCCCCC)c1ccc(C=Cc2cc[n+](CCCC)cc2)cc1.[I-]. The molecule has 2 rings (SSSR count). The van der Waals surface area contributed by atoms with Gasteiger partial charge in [0.15, 0.2) is 12.4 Å². The third-order valence-electron chi connectivity index (χ3n) is 14.0. The number of aromatic nitrogens is 1. The minimum Gasteiger partial charge on any atom is -1.00 e. The lowest BCUT2D eigenvalue weighted by Crippen LogP contribution is -3.00. The van der Waals surface area contributed by atoms with Crippen LogP contribution in [0.5, 0.6) is 0 Å². The lowest BCUT2D eigenvalue weighted by atomic mass is 10.0. The van der Waals surface area contributed by atoms with E-state index in [2.05, 4.69) is 91.2 Å². The molecule has 0 amide bonds. The Bertz CT molecular complexity index is 1180. The van der Waals surface area contributed by atoms with Crippen molar-refractivity contribution in [3.63, 3.8) is 0 Å². The fourth-order valence-corrected chi connectivity index (χ4v) is 9.54. The number of nitrogens with zero attached hydrogens (tertiary/aromatic N) is 2. The maximum absolute atomic E-state index is 2.71. The van der Waals surface area contributed by atoms with Gasteiger partial charge in [-0.1, -0.05) is 295 Å². The van der Waals surface area contributed by atoms with E-state index in [0.29, 0.717) is 0 Å².